The van der Waals surface area contributed by atoms with Crippen LogP contribution in [0.25, 0.3) is 11.4 Å². The van der Waals surface area contributed by atoms with Crippen molar-refractivity contribution in [2.45, 2.75) is 13.3 Å². The summed E-state index contributed by atoms with van der Waals surface area (Å²) in [5, 5.41) is 10.9. The van der Waals surface area contributed by atoms with Gasteiger partial charge in [-0.05, 0) is 36.8 Å². The van der Waals surface area contributed by atoms with Crippen LogP contribution in [-0.2, 0) is 6.42 Å². The van der Waals surface area contributed by atoms with Gasteiger partial charge in [0.15, 0.2) is 5.82 Å². The van der Waals surface area contributed by atoms with Crippen LogP contribution in [0.3, 0.4) is 0 Å². The van der Waals surface area contributed by atoms with Gasteiger partial charge in [-0.3, -0.25) is 14.9 Å². The second-order valence-corrected chi connectivity index (χ2v) is 9.19. The van der Waals surface area contributed by atoms with Gasteiger partial charge in [-0.15, -0.1) is 0 Å². The highest BCUT2D eigenvalue weighted by Crippen LogP contribution is 2.29. The average molecular weight is 512 g/mol. The number of nitro groups is 1. The summed E-state index contributed by atoms with van der Waals surface area (Å²) >= 11 is 0. The predicted molar refractivity (Wildman–Crippen MR) is 143 cm³/mol. The first-order valence-electron chi connectivity index (χ1n) is 12.3. The van der Waals surface area contributed by atoms with E-state index in [0.717, 1.165) is 22.6 Å². The molecule has 192 valence electrons. The van der Waals surface area contributed by atoms with E-state index in [1.54, 1.807) is 17.0 Å². The van der Waals surface area contributed by atoms with E-state index in [2.05, 4.69) is 17.0 Å². The second-order valence-electron chi connectivity index (χ2n) is 9.19. The molecule has 9 heteroatoms. The van der Waals surface area contributed by atoms with Crippen LogP contribution >= 0.6 is 0 Å². The number of anilines is 1. The van der Waals surface area contributed by atoms with E-state index in [9.17, 15) is 19.3 Å². The number of piperazine rings is 1. The van der Waals surface area contributed by atoms with Crippen LogP contribution < -0.4 is 4.90 Å². The van der Waals surface area contributed by atoms with E-state index >= 15 is 0 Å². The lowest BCUT2D eigenvalue weighted by Crippen LogP contribution is -2.49. The number of carbonyl (C=O) groups excluding carboxylic acids is 1. The lowest BCUT2D eigenvalue weighted by atomic mass is 10.0. The van der Waals surface area contributed by atoms with Crippen molar-refractivity contribution in [3.63, 3.8) is 0 Å². The molecule has 1 amide bonds. The molecule has 1 fully saturated rings. The maximum atomic E-state index is 14.0. The Morgan fingerprint density at radius 2 is 1.66 bits per heavy atom. The number of nitro benzene ring substituents is 1. The summed E-state index contributed by atoms with van der Waals surface area (Å²) in [6, 6.07) is 22.0. The summed E-state index contributed by atoms with van der Waals surface area (Å²) in [7, 11) is 0. The molecular weight excluding hydrogens is 485 g/mol. The van der Waals surface area contributed by atoms with Gasteiger partial charge in [-0.25, -0.2) is 14.4 Å². The van der Waals surface area contributed by atoms with E-state index in [4.69, 9.17) is 9.97 Å². The molecule has 0 atom stereocenters. The van der Waals surface area contributed by atoms with Gasteiger partial charge in [0.2, 0.25) is 0 Å². The molecule has 1 saturated heterocycles. The maximum absolute atomic E-state index is 14.0. The molecule has 3 aromatic carbocycles. The van der Waals surface area contributed by atoms with Gasteiger partial charge in [0.05, 0.1) is 4.92 Å². The van der Waals surface area contributed by atoms with Crippen molar-refractivity contribution in [3.8, 4) is 11.4 Å². The fraction of sp³-hybridized carbons (Fsp3) is 0.207. The van der Waals surface area contributed by atoms with Crippen LogP contribution in [0.2, 0.25) is 0 Å². The van der Waals surface area contributed by atoms with Crippen molar-refractivity contribution in [1.82, 2.24) is 14.9 Å². The summed E-state index contributed by atoms with van der Waals surface area (Å²) in [5.41, 5.74) is 3.91. The zero-order valence-corrected chi connectivity index (χ0v) is 20.9. The van der Waals surface area contributed by atoms with Crippen LogP contribution in [0, 0.1) is 22.9 Å². The van der Waals surface area contributed by atoms with E-state index in [-0.39, 0.29) is 17.4 Å². The number of benzene rings is 3. The first-order chi connectivity index (χ1) is 18.4. The predicted octanol–water partition coefficient (Wildman–Crippen LogP) is 5.05. The van der Waals surface area contributed by atoms with Crippen molar-refractivity contribution in [3.05, 3.63) is 117 Å². The smallest absolute Gasteiger partial charge is 0.269 e. The lowest BCUT2D eigenvalue weighted by Gasteiger charge is -2.36. The van der Waals surface area contributed by atoms with Crippen molar-refractivity contribution >= 4 is 17.4 Å². The molecule has 1 aliphatic rings. The minimum Gasteiger partial charge on any atom is -0.353 e. The molecule has 4 aromatic rings. The second kappa shape index (κ2) is 10.8. The highest BCUT2D eigenvalue weighted by atomic mass is 19.1. The molecule has 0 aliphatic carbocycles. The van der Waals surface area contributed by atoms with Crippen molar-refractivity contribution in [2.24, 2.45) is 0 Å². The highest BCUT2D eigenvalue weighted by molar-refractivity contribution is 5.94. The molecule has 8 nitrogen and oxygen atoms in total. The largest absolute Gasteiger partial charge is 0.353 e. The van der Waals surface area contributed by atoms with Crippen molar-refractivity contribution in [1.29, 1.82) is 0 Å². The summed E-state index contributed by atoms with van der Waals surface area (Å²) in [6.45, 7) is 4.00. The van der Waals surface area contributed by atoms with E-state index in [1.807, 2.05) is 25.1 Å². The van der Waals surface area contributed by atoms with Gasteiger partial charge in [0.1, 0.15) is 11.6 Å². The zero-order chi connectivity index (χ0) is 26.6. The Labute approximate surface area is 219 Å². The van der Waals surface area contributed by atoms with Crippen LogP contribution in [-0.4, -0.2) is 51.9 Å². The fourth-order valence-corrected chi connectivity index (χ4v) is 4.64. The van der Waals surface area contributed by atoms with Gasteiger partial charge in [0, 0.05) is 67.1 Å². The maximum Gasteiger partial charge on any atom is 0.269 e. The molecule has 5 rings (SSSR count). The fourth-order valence-electron chi connectivity index (χ4n) is 4.64. The Hall–Kier alpha value is -4.66. The minimum absolute atomic E-state index is 0.0504. The number of aromatic nitrogens is 2. The van der Waals surface area contributed by atoms with Crippen molar-refractivity contribution in [2.75, 3.05) is 31.1 Å². The first kappa shape index (κ1) is 25.0. The summed E-state index contributed by atoms with van der Waals surface area (Å²) in [5.74, 6) is 0.724. The van der Waals surface area contributed by atoms with Gasteiger partial charge in [-0.2, -0.15) is 0 Å². The SMILES string of the molecule is Cc1nc(-c2cccc(F)c2)nc(N2CCN(C(=O)c3ccc([N+](=O)[O-])cc3)CC2)c1Cc1ccccc1. The average Bonchev–Trinajstić information content (AvgIpc) is 2.94. The Morgan fingerprint density at radius 1 is 0.947 bits per heavy atom. The lowest BCUT2D eigenvalue weighted by molar-refractivity contribution is -0.384. The molecule has 0 N–H and O–H groups in total. The third-order valence-electron chi connectivity index (χ3n) is 6.69. The van der Waals surface area contributed by atoms with Crippen molar-refractivity contribution < 1.29 is 14.1 Å². The molecule has 2 heterocycles. The quantitative estimate of drug-likeness (QED) is 0.266. The number of hydrogen-bond donors (Lipinski definition) is 0. The number of rotatable bonds is 6. The number of carbonyl (C=O) groups is 1. The third kappa shape index (κ3) is 5.36. The highest BCUT2D eigenvalue weighted by Gasteiger charge is 2.26. The standard InChI is InChI=1S/C29H26FN5O3/c1-20-26(18-21-6-3-2-4-7-21)28(32-27(31-20)23-8-5-9-24(30)19-23)33-14-16-34(17-15-33)29(36)22-10-12-25(13-11-22)35(37)38/h2-13,19H,14-18H2,1H3. The van der Waals surface area contributed by atoms with E-state index in [1.165, 1.54) is 36.4 Å². The Morgan fingerprint density at radius 3 is 2.32 bits per heavy atom. The summed E-state index contributed by atoms with van der Waals surface area (Å²) in [6.07, 6.45) is 0.646. The molecule has 0 radical (unpaired) electrons. The molecule has 0 bridgehead atoms. The van der Waals surface area contributed by atoms with Crippen LogP contribution in [0.5, 0.6) is 0 Å². The van der Waals surface area contributed by atoms with Gasteiger partial charge >= 0.3 is 0 Å². The Bertz CT molecular complexity index is 1470. The van der Waals surface area contributed by atoms with Crippen LogP contribution in [0.4, 0.5) is 15.9 Å². The molecule has 0 spiro atoms. The molecule has 0 unspecified atom stereocenters. The summed E-state index contributed by atoms with van der Waals surface area (Å²) < 4.78 is 14.0. The number of nitrogens with zero attached hydrogens (tertiary/aromatic N) is 5. The molecule has 1 aromatic heterocycles. The van der Waals surface area contributed by atoms with E-state index in [0.29, 0.717) is 49.6 Å². The number of non-ortho nitro benzene ring substituents is 1. The van der Waals surface area contributed by atoms with E-state index < -0.39 is 4.92 Å². The zero-order valence-electron chi connectivity index (χ0n) is 20.9. The number of hydrogen-bond acceptors (Lipinski definition) is 6. The number of amides is 1. The first-order valence-corrected chi connectivity index (χ1v) is 12.3. The number of halogens is 1. The van der Waals surface area contributed by atoms with Crippen LogP contribution in [0.15, 0.2) is 78.9 Å². The normalized spacial score (nSPS) is 13.4. The topological polar surface area (TPSA) is 92.5 Å². The number of aryl methyl sites for hydroxylation is 1. The van der Waals surface area contributed by atoms with Gasteiger partial charge in [-0.1, -0.05) is 42.5 Å². The van der Waals surface area contributed by atoms with Crippen LogP contribution in [0.1, 0.15) is 27.2 Å². The Kier molecular flexibility index (Phi) is 7.08. The monoisotopic (exact) mass is 511 g/mol. The molecule has 1 aliphatic heterocycles. The molecule has 38 heavy (non-hydrogen) atoms. The van der Waals surface area contributed by atoms with Gasteiger partial charge < -0.3 is 9.80 Å². The minimum atomic E-state index is -0.484. The summed E-state index contributed by atoms with van der Waals surface area (Å²) in [4.78, 5) is 37.0. The van der Waals surface area contributed by atoms with Gasteiger partial charge in [0.25, 0.3) is 11.6 Å². The third-order valence-corrected chi connectivity index (χ3v) is 6.69. The molecular formula is C29H26FN5O3. The molecule has 0 saturated carbocycles. The Balaban J connectivity index is 1.41.